The van der Waals surface area contributed by atoms with Crippen molar-refractivity contribution in [2.24, 2.45) is 11.8 Å². The van der Waals surface area contributed by atoms with Gasteiger partial charge < -0.3 is 9.47 Å². The zero-order chi connectivity index (χ0) is 14.7. The number of pyridine rings is 1. The number of aromatic nitrogens is 1. The van der Waals surface area contributed by atoms with E-state index in [0.29, 0.717) is 12.2 Å². The Morgan fingerprint density at radius 1 is 1.38 bits per heavy atom. The number of nitrogens with zero attached hydrogens (tertiary/aromatic N) is 1. The maximum absolute atomic E-state index is 14.0. The van der Waals surface area contributed by atoms with Crippen LogP contribution < -0.4 is 11.3 Å². The molecule has 0 radical (unpaired) electrons. The van der Waals surface area contributed by atoms with Gasteiger partial charge >= 0.3 is 0 Å². The van der Waals surface area contributed by atoms with Crippen molar-refractivity contribution in [3.63, 3.8) is 0 Å². The molecule has 0 aliphatic carbocycles. The second kappa shape index (κ2) is 6.36. The molecule has 21 heavy (non-hydrogen) atoms. The summed E-state index contributed by atoms with van der Waals surface area (Å²) in [5.74, 6) is 5.66. The first-order valence-corrected chi connectivity index (χ1v) is 7.51. The number of hydrogen-bond acceptors (Lipinski definition) is 5. The standard InChI is InChI=1S/C15H22FN3O2/c16-13-10-18-5-1-12(13)14(19-17)11-2-6-21-15(9-11)3-7-20-8-4-15/h1,5,10-11,14,19H,2-4,6-9,17H2. The van der Waals surface area contributed by atoms with Crippen molar-refractivity contribution in [2.75, 3.05) is 19.8 Å². The molecule has 0 amide bonds. The van der Waals surface area contributed by atoms with Crippen LogP contribution in [0.5, 0.6) is 0 Å². The van der Waals surface area contributed by atoms with Crippen molar-refractivity contribution in [1.29, 1.82) is 0 Å². The fourth-order valence-corrected chi connectivity index (χ4v) is 3.56. The summed E-state index contributed by atoms with van der Waals surface area (Å²) in [7, 11) is 0. The monoisotopic (exact) mass is 295 g/mol. The highest BCUT2D eigenvalue weighted by molar-refractivity contribution is 5.18. The summed E-state index contributed by atoms with van der Waals surface area (Å²) in [4.78, 5) is 3.81. The van der Waals surface area contributed by atoms with Gasteiger partial charge in [0.15, 0.2) is 0 Å². The van der Waals surface area contributed by atoms with Crippen molar-refractivity contribution >= 4 is 0 Å². The SMILES string of the molecule is NNC(c1ccncc1F)C1CCOC2(CCOCC2)C1. The summed E-state index contributed by atoms with van der Waals surface area (Å²) in [5, 5.41) is 0. The zero-order valence-corrected chi connectivity index (χ0v) is 12.1. The van der Waals surface area contributed by atoms with Crippen molar-refractivity contribution in [3.8, 4) is 0 Å². The Hall–Kier alpha value is -1.08. The normalized spacial score (nSPS) is 26.7. The molecule has 0 saturated carbocycles. The van der Waals surface area contributed by atoms with Gasteiger partial charge in [0.1, 0.15) is 5.82 Å². The predicted molar refractivity (Wildman–Crippen MR) is 75.7 cm³/mol. The minimum absolute atomic E-state index is 0.125. The van der Waals surface area contributed by atoms with Crippen LogP contribution >= 0.6 is 0 Å². The topological polar surface area (TPSA) is 69.4 Å². The van der Waals surface area contributed by atoms with Gasteiger partial charge in [-0.05, 0) is 37.7 Å². The third kappa shape index (κ3) is 3.08. The van der Waals surface area contributed by atoms with E-state index in [2.05, 4.69) is 10.4 Å². The molecule has 5 nitrogen and oxygen atoms in total. The van der Waals surface area contributed by atoms with Crippen molar-refractivity contribution in [3.05, 3.63) is 29.8 Å². The van der Waals surface area contributed by atoms with Crippen molar-refractivity contribution in [2.45, 2.75) is 37.3 Å². The van der Waals surface area contributed by atoms with Gasteiger partial charge in [-0.15, -0.1) is 0 Å². The van der Waals surface area contributed by atoms with Crippen LogP contribution in [0.2, 0.25) is 0 Å². The van der Waals surface area contributed by atoms with Crippen LogP contribution in [0.25, 0.3) is 0 Å². The van der Waals surface area contributed by atoms with Crippen LogP contribution in [0.1, 0.15) is 37.3 Å². The fourth-order valence-electron chi connectivity index (χ4n) is 3.56. The average Bonchev–Trinajstić information content (AvgIpc) is 2.51. The molecular weight excluding hydrogens is 273 g/mol. The molecule has 6 heteroatoms. The second-order valence-electron chi connectivity index (χ2n) is 5.94. The highest BCUT2D eigenvalue weighted by Gasteiger charge is 2.41. The molecule has 2 fully saturated rings. The maximum Gasteiger partial charge on any atom is 0.146 e. The summed E-state index contributed by atoms with van der Waals surface area (Å²) >= 11 is 0. The van der Waals surface area contributed by atoms with Gasteiger partial charge in [-0.25, -0.2) is 4.39 Å². The highest BCUT2D eigenvalue weighted by Crippen LogP contribution is 2.41. The van der Waals surface area contributed by atoms with Gasteiger partial charge in [0, 0.05) is 31.6 Å². The molecule has 3 heterocycles. The Labute approximate surface area is 124 Å². The molecule has 3 N–H and O–H groups in total. The molecule has 116 valence electrons. The summed E-state index contributed by atoms with van der Waals surface area (Å²) < 4.78 is 25.5. The summed E-state index contributed by atoms with van der Waals surface area (Å²) in [6.45, 7) is 2.16. The number of rotatable bonds is 3. The minimum atomic E-state index is -0.312. The first kappa shape index (κ1) is 14.8. The van der Waals surface area contributed by atoms with E-state index in [4.69, 9.17) is 15.3 Å². The maximum atomic E-state index is 14.0. The number of nitrogens with one attached hydrogen (secondary N) is 1. The molecule has 1 spiro atoms. The number of nitrogens with two attached hydrogens (primary N) is 1. The Morgan fingerprint density at radius 3 is 2.90 bits per heavy atom. The van der Waals surface area contributed by atoms with E-state index in [-0.39, 0.29) is 23.4 Å². The molecular formula is C15H22FN3O2. The fraction of sp³-hybridized carbons (Fsp3) is 0.667. The van der Waals surface area contributed by atoms with Crippen LogP contribution in [-0.2, 0) is 9.47 Å². The summed E-state index contributed by atoms with van der Waals surface area (Å²) in [6.07, 6.45) is 6.40. The second-order valence-corrected chi connectivity index (χ2v) is 5.94. The lowest BCUT2D eigenvalue weighted by molar-refractivity contribution is -0.150. The molecule has 2 aliphatic rings. The highest BCUT2D eigenvalue weighted by atomic mass is 19.1. The van der Waals surface area contributed by atoms with Crippen LogP contribution in [0.15, 0.2) is 18.5 Å². The van der Waals surface area contributed by atoms with Gasteiger partial charge in [0.2, 0.25) is 0 Å². The van der Waals surface area contributed by atoms with E-state index in [1.165, 1.54) is 6.20 Å². The van der Waals surface area contributed by atoms with Crippen LogP contribution in [0, 0.1) is 11.7 Å². The van der Waals surface area contributed by atoms with Gasteiger partial charge in [0.05, 0.1) is 17.8 Å². The van der Waals surface area contributed by atoms with E-state index in [1.807, 2.05) is 0 Å². The third-order valence-corrected chi connectivity index (χ3v) is 4.72. The van der Waals surface area contributed by atoms with Crippen molar-refractivity contribution in [1.82, 2.24) is 10.4 Å². The van der Waals surface area contributed by atoms with E-state index in [0.717, 1.165) is 38.9 Å². The van der Waals surface area contributed by atoms with E-state index in [9.17, 15) is 4.39 Å². The summed E-state index contributed by atoms with van der Waals surface area (Å²) in [6, 6.07) is 1.49. The first-order chi connectivity index (χ1) is 10.2. The molecule has 0 bridgehead atoms. The molecule has 0 aromatic carbocycles. The number of hydrazine groups is 1. The molecule has 2 atom stereocenters. The number of ether oxygens (including phenoxy) is 2. The lowest BCUT2D eigenvalue weighted by Crippen LogP contribution is -2.47. The quantitative estimate of drug-likeness (QED) is 0.656. The van der Waals surface area contributed by atoms with Crippen LogP contribution in [0.3, 0.4) is 0 Å². The van der Waals surface area contributed by atoms with E-state index < -0.39 is 0 Å². The molecule has 3 rings (SSSR count). The predicted octanol–water partition coefficient (Wildman–Crippen LogP) is 1.70. The van der Waals surface area contributed by atoms with Gasteiger partial charge in [0.25, 0.3) is 0 Å². The first-order valence-electron chi connectivity index (χ1n) is 7.51. The largest absolute Gasteiger partial charge is 0.381 e. The third-order valence-electron chi connectivity index (χ3n) is 4.72. The van der Waals surface area contributed by atoms with Crippen molar-refractivity contribution < 1.29 is 13.9 Å². The van der Waals surface area contributed by atoms with Crippen LogP contribution in [0.4, 0.5) is 4.39 Å². The average molecular weight is 295 g/mol. The molecule has 2 saturated heterocycles. The Kier molecular flexibility index (Phi) is 4.49. The Bertz CT molecular complexity index is 474. The smallest absolute Gasteiger partial charge is 0.146 e. The molecule has 1 aromatic rings. The number of hydrogen-bond donors (Lipinski definition) is 2. The molecule has 2 unspecified atom stereocenters. The molecule has 1 aromatic heterocycles. The van der Waals surface area contributed by atoms with Crippen LogP contribution in [-0.4, -0.2) is 30.4 Å². The van der Waals surface area contributed by atoms with Gasteiger partial charge in [-0.1, -0.05) is 0 Å². The minimum Gasteiger partial charge on any atom is -0.381 e. The molecule has 2 aliphatic heterocycles. The Balaban J connectivity index is 1.79. The van der Waals surface area contributed by atoms with E-state index in [1.54, 1.807) is 12.3 Å². The Morgan fingerprint density at radius 2 is 2.19 bits per heavy atom. The zero-order valence-electron chi connectivity index (χ0n) is 12.1. The lowest BCUT2D eigenvalue weighted by Gasteiger charge is -2.45. The lowest BCUT2D eigenvalue weighted by atomic mass is 9.76. The van der Waals surface area contributed by atoms with Gasteiger partial charge in [-0.3, -0.25) is 16.3 Å². The number of halogens is 1. The van der Waals surface area contributed by atoms with E-state index >= 15 is 0 Å². The summed E-state index contributed by atoms with van der Waals surface area (Å²) in [5.41, 5.74) is 3.26. The van der Waals surface area contributed by atoms with Gasteiger partial charge in [-0.2, -0.15) is 0 Å².